The van der Waals surface area contributed by atoms with E-state index in [0.29, 0.717) is 32.4 Å². The summed E-state index contributed by atoms with van der Waals surface area (Å²) in [7, 11) is 0. The lowest BCUT2D eigenvalue weighted by molar-refractivity contribution is -0.142. The third-order valence-electron chi connectivity index (χ3n) is 6.71. The number of carboxylic acids is 1. The summed E-state index contributed by atoms with van der Waals surface area (Å²) in [5, 5.41) is 19.1. The number of aliphatic carboxylic acids is 1. The lowest BCUT2D eigenvalue weighted by Gasteiger charge is -2.43. The van der Waals surface area contributed by atoms with Crippen molar-refractivity contribution < 1.29 is 23.8 Å². The van der Waals surface area contributed by atoms with E-state index in [2.05, 4.69) is 4.90 Å². The summed E-state index contributed by atoms with van der Waals surface area (Å²) < 4.78 is 28.1. The van der Waals surface area contributed by atoms with E-state index >= 15 is 0 Å². The van der Waals surface area contributed by atoms with Crippen molar-refractivity contribution in [3.63, 3.8) is 0 Å². The third-order valence-corrected chi connectivity index (χ3v) is 6.71. The molecular formula is C25H30F2N2O3. The van der Waals surface area contributed by atoms with Gasteiger partial charge in [-0.3, -0.25) is 9.69 Å². The lowest BCUT2D eigenvalue weighted by Crippen LogP contribution is -2.47. The highest BCUT2D eigenvalue weighted by molar-refractivity contribution is 5.70. The Morgan fingerprint density at radius 1 is 1.12 bits per heavy atom. The van der Waals surface area contributed by atoms with Gasteiger partial charge in [0.25, 0.3) is 5.92 Å². The molecular weight excluding hydrogens is 414 g/mol. The Balaban J connectivity index is 1.63. The van der Waals surface area contributed by atoms with E-state index < -0.39 is 11.9 Å². The minimum atomic E-state index is -2.82. The molecule has 1 fully saturated rings. The van der Waals surface area contributed by atoms with Crippen molar-refractivity contribution in [1.82, 2.24) is 4.90 Å². The van der Waals surface area contributed by atoms with Crippen LogP contribution in [-0.2, 0) is 11.2 Å². The third kappa shape index (κ3) is 4.72. The molecule has 2 N–H and O–H groups in total. The van der Waals surface area contributed by atoms with Gasteiger partial charge in [0.15, 0.2) is 0 Å². The van der Waals surface area contributed by atoms with Crippen LogP contribution in [0.2, 0.25) is 0 Å². The van der Waals surface area contributed by atoms with Crippen molar-refractivity contribution in [2.75, 3.05) is 24.5 Å². The van der Waals surface area contributed by atoms with E-state index in [-0.39, 0.29) is 30.3 Å². The first-order valence-corrected chi connectivity index (χ1v) is 11.2. The average Bonchev–Trinajstić information content (AvgIpc) is 2.74. The second-order valence-electron chi connectivity index (χ2n) is 9.27. The number of hydrogen-bond acceptors (Lipinski definition) is 4. The van der Waals surface area contributed by atoms with Gasteiger partial charge in [0, 0.05) is 31.7 Å². The number of carbonyl (C=O) groups is 1. The first-order chi connectivity index (χ1) is 15.1. The van der Waals surface area contributed by atoms with Crippen LogP contribution in [0.3, 0.4) is 0 Å². The lowest BCUT2D eigenvalue weighted by atomic mass is 9.84. The van der Waals surface area contributed by atoms with E-state index in [1.165, 1.54) is 0 Å². The predicted molar refractivity (Wildman–Crippen MR) is 119 cm³/mol. The smallest absolute Gasteiger partial charge is 0.306 e. The predicted octanol–water partition coefficient (Wildman–Crippen LogP) is 4.68. The molecule has 2 atom stereocenters. The first-order valence-electron chi connectivity index (χ1n) is 11.2. The molecule has 5 nitrogen and oxygen atoms in total. The van der Waals surface area contributed by atoms with Crippen LogP contribution >= 0.6 is 0 Å². The molecule has 4 rings (SSSR count). The molecule has 2 aromatic carbocycles. The maximum absolute atomic E-state index is 14.1. The Hall–Kier alpha value is -2.67. The number of carboxylic acid groups (broad SMARTS) is 1. The summed E-state index contributed by atoms with van der Waals surface area (Å²) >= 11 is 0. The number of anilines is 1. The molecule has 1 saturated heterocycles. The SMILES string of the molecule is C[C@@H]1Cc2cc(O)ccc2C(c2ccc(N3CCC(C(=O)O)CC3)cc2)N1CC(C)(F)F. The molecule has 0 saturated carbocycles. The fraction of sp³-hybridized carbons (Fsp3) is 0.480. The number of benzene rings is 2. The van der Waals surface area contributed by atoms with Gasteiger partial charge in [-0.2, -0.15) is 0 Å². The molecule has 0 amide bonds. The molecule has 0 radical (unpaired) electrons. The van der Waals surface area contributed by atoms with Crippen molar-refractivity contribution in [1.29, 1.82) is 0 Å². The van der Waals surface area contributed by atoms with Crippen LogP contribution in [0.15, 0.2) is 42.5 Å². The van der Waals surface area contributed by atoms with Gasteiger partial charge in [0.05, 0.1) is 18.5 Å². The van der Waals surface area contributed by atoms with E-state index in [4.69, 9.17) is 0 Å². The van der Waals surface area contributed by atoms with Gasteiger partial charge >= 0.3 is 5.97 Å². The highest BCUT2D eigenvalue weighted by Crippen LogP contribution is 2.41. The van der Waals surface area contributed by atoms with Crippen LogP contribution in [0.4, 0.5) is 14.5 Å². The molecule has 172 valence electrons. The fourth-order valence-corrected chi connectivity index (χ4v) is 5.10. The van der Waals surface area contributed by atoms with Crippen LogP contribution in [0.5, 0.6) is 5.75 Å². The molecule has 0 aliphatic carbocycles. The Bertz CT molecular complexity index is 966. The molecule has 2 aromatic rings. The first kappa shape index (κ1) is 22.5. The summed E-state index contributed by atoms with van der Waals surface area (Å²) in [4.78, 5) is 15.2. The summed E-state index contributed by atoms with van der Waals surface area (Å²) in [5.41, 5.74) is 3.87. The number of alkyl halides is 2. The minimum absolute atomic E-state index is 0.102. The van der Waals surface area contributed by atoms with E-state index in [9.17, 15) is 23.8 Å². The molecule has 0 spiro atoms. The number of rotatable bonds is 5. The summed E-state index contributed by atoms with van der Waals surface area (Å²) in [6.07, 6.45) is 1.84. The molecule has 2 aliphatic rings. The maximum Gasteiger partial charge on any atom is 0.306 e. The highest BCUT2D eigenvalue weighted by atomic mass is 19.3. The molecule has 0 aromatic heterocycles. The zero-order chi connectivity index (χ0) is 23.0. The Morgan fingerprint density at radius 2 is 1.78 bits per heavy atom. The molecule has 0 bridgehead atoms. The molecule has 2 heterocycles. The van der Waals surface area contributed by atoms with Crippen LogP contribution in [0.1, 0.15) is 49.4 Å². The molecule has 2 aliphatic heterocycles. The standard InChI is InChI=1S/C25H30F2N2O3/c1-16-13-19-14-21(30)7-8-22(19)23(29(16)15-25(2,26)27)17-3-5-20(6-4-17)28-11-9-18(10-12-28)24(31)32/h3-8,14,16,18,23,30H,9-13,15H2,1-2H3,(H,31,32)/t16-,23?/m1/s1. The summed E-state index contributed by atoms with van der Waals surface area (Å²) in [5.74, 6) is -3.66. The second-order valence-corrected chi connectivity index (χ2v) is 9.27. The van der Waals surface area contributed by atoms with Crippen LogP contribution in [0, 0.1) is 5.92 Å². The number of phenols is 1. The zero-order valence-electron chi connectivity index (χ0n) is 18.5. The minimum Gasteiger partial charge on any atom is -0.508 e. The van der Waals surface area contributed by atoms with Gasteiger partial charge in [0.1, 0.15) is 5.75 Å². The monoisotopic (exact) mass is 444 g/mol. The van der Waals surface area contributed by atoms with E-state index in [0.717, 1.165) is 29.3 Å². The summed E-state index contributed by atoms with van der Waals surface area (Å²) in [6.45, 7) is 3.93. The van der Waals surface area contributed by atoms with Crippen LogP contribution in [0.25, 0.3) is 0 Å². The van der Waals surface area contributed by atoms with Gasteiger partial charge in [-0.25, -0.2) is 8.78 Å². The van der Waals surface area contributed by atoms with E-state index in [1.54, 1.807) is 12.1 Å². The van der Waals surface area contributed by atoms with Gasteiger partial charge < -0.3 is 15.1 Å². The maximum atomic E-state index is 14.1. The van der Waals surface area contributed by atoms with Crippen molar-refractivity contribution in [3.8, 4) is 5.75 Å². The quantitative estimate of drug-likeness (QED) is 0.701. The van der Waals surface area contributed by atoms with Crippen molar-refractivity contribution in [3.05, 3.63) is 59.2 Å². The highest BCUT2D eigenvalue weighted by Gasteiger charge is 2.38. The largest absolute Gasteiger partial charge is 0.508 e. The number of halogens is 2. The molecule has 32 heavy (non-hydrogen) atoms. The number of piperidine rings is 1. The van der Waals surface area contributed by atoms with Gasteiger partial charge in [0.2, 0.25) is 0 Å². The summed E-state index contributed by atoms with van der Waals surface area (Å²) in [6, 6.07) is 12.7. The average molecular weight is 445 g/mol. The van der Waals surface area contributed by atoms with Crippen molar-refractivity contribution in [2.24, 2.45) is 5.92 Å². The van der Waals surface area contributed by atoms with Gasteiger partial charge in [-0.05, 0) is 67.1 Å². The van der Waals surface area contributed by atoms with Gasteiger partial charge in [-0.1, -0.05) is 18.2 Å². The topological polar surface area (TPSA) is 64.0 Å². The normalized spacial score (nSPS) is 22.6. The second kappa shape index (κ2) is 8.70. The molecule has 1 unspecified atom stereocenters. The Kier molecular flexibility index (Phi) is 6.12. The van der Waals surface area contributed by atoms with Crippen molar-refractivity contribution in [2.45, 2.75) is 51.1 Å². The number of aromatic hydroxyl groups is 1. The number of phenolic OH excluding ortho intramolecular Hbond substituents is 1. The Morgan fingerprint density at radius 3 is 2.38 bits per heavy atom. The van der Waals surface area contributed by atoms with Crippen molar-refractivity contribution >= 4 is 11.7 Å². The van der Waals surface area contributed by atoms with Crippen LogP contribution in [-0.4, -0.2) is 52.7 Å². The number of fused-ring (bicyclic) bond motifs is 1. The van der Waals surface area contributed by atoms with Crippen LogP contribution < -0.4 is 4.90 Å². The van der Waals surface area contributed by atoms with Gasteiger partial charge in [-0.15, -0.1) is 0 Å². The zero-order valence-corrected chi connectivity index (χ0v) is 18.5. The number of nitrogens with zero attached hydrogens (tertiary/aromatic N) is 2. The molecule has 7 heteroatoms. The van der Waals surface area contributed by atoms with E-state index in [1.807, 2.05) is 42.2 Å². The Labute approximate surface area is 187 Å². The fourth-order valence-electron chi connectivity index (χ4n) is 5.10. The number of hydrogen-bond donors (Lipinski definition) is 2.